The molecule has 0 amide bonds. The molecule has 0 bridgehead atoms. The van der Waals surface area contributed by atoms with Crippen molar-refractivity contribution in [2.45, 2.75) is 32.9 Å². The van der Waals surface area contributed by atoms with Crippen molar-refractivity contribution in [1.29, 1.82) is 0 Å². The van der Waals surface area contributed by atoms with Gasteiger partial charge in [0, 0.05) is 35.7 Å². The summed E-state index contributed by atoms with van der Waals surface area (Å²) in [6, 6.07) is 19.3. The number of carbonyl (C=O) groups excluding carboxylic acids is 1. The number of hydrogen-bond acceptors (Lipinski definition) is 1. The molecule has 1 heterocycles. The molecule has 0 atom stereocenters. The van der Waals surface area contributed by atoms with Gasteiger partial charge >= 0.3 is 6.18 Å². The number of rotatable bonds is 5. The van der Waals surface area contributed by atoms with Gasteiger partial charge in [-0.05, 0) is 60.0 Å². The van der Waals surface area contributed by atoms with Gasteiger partial charge in [0.25, 0.3) is 0 Å². The lowest BCUT2D eigenvalue weighted by Gasteiger charge is -2.15. The van der Waals surface area contributed by atoms with Crippen molar-refractivity contribution >= 4 is 16.7 Å². The van der Waals surface area contributed by atoms with Crippen LogP contribution >= 0.6 is 0 Å². The number of ketones is 1. The maximum absolute atomic E-state index is 13.6. The summed E-state index contributed by atoms with van der Waals surface area (Å²) in [6.45, 7) is 3.54. The van der Waals surface area contributed by atoms with Crippen molar-refractivity contribution in [3.8, 4) is 5.69 Å². The molecule has 4 aromatic rings. The van der Waals surface area contributed by atoms with Crippen LogP contribution in [0.4, 0.5) is 13.2 Å². The van der Waals surface area contributed by atoms with Crippen molar-refractivity contribution in [2.24, 2.45) is 0 Å². The smallest absolute Gasteiger partial charge is 0.316 e. The van der Waals surface area contributed by atoms with Crippen LogP contribution in [0.3, 0.4) is 0 Å². The van der Waals surface area contributed by atoms with E-state index in [1.165, 1.54) is 6.07 Å². The van der Waals surface area contributed by atoms with Crippen LogP contribution in [0.25, 0.3) is 16.6 Å². The third-order valence-corrected chi connectivity index (χ3v) is 5.67. The van der Waals surface area contributed by atoms with Crippen LogP contribution in [0.2, 0.25) is 0 Å². The zero-order valence-corrected chi connectivity index (χ0v) is 17.3. The summed E-state index contributed by atoms with van der Waals surface area (Å²) in [5.41, 5.74) is 3.56. The SMILES string of the molecule is CCC(=O)c1ccc(-n2cc(Cc3c(C)cccc3C(F)(F)F)c3ccccc32)cc1. The number of carbonyl (C=O) groups is 1. The normalized spacial score (nSPS) is 11.8. The number of hydrogen-bond donors (Lipinski definition) is 0. The number of alkyl halides is 3. The average Bonchev–Trinajstić information content (AvgIpc) is 3.12. The molecular formula is C26H22F3NO. The first-order chi connectivity index (χ1) is 14.8. The highest BCUT2D eigenvalue weighted by atomic mass is 19.4. The fraction of sp³-hybridized carbons (Fsp3) is 0.192. The van der Waals surface area contributed by atoms with Crippen LogP contribution in [-0.2, 0) is 12.6 Å². The van der Waals surface area contributed by atoms with Crippen molar-refractivity contribution in [3.63, 3.8) is 0 Å². The second kappa shape index (κ2) is 8.06. The Hall–Kier alpha value is -3.34. The van der Waals surface area contributed by atoms with Crippen LogP contribution in [0, 0.1) is 6.92 Å². The predicted molar refractivity (Wildman–Crippen MR) is 117 cm³/mol. The largest absolute Gasteiger partial charge is 0.416 e. The highest BCUT2D eigenvalue weighted by molar-refractivity contribution is 5.96. The van der Waals surface area contributed by atoms with Gasteiger partial charge in [-0.3, -0.25) is 4.79 Å². The quantitative estimate of drug-likeness (QED) is 0.314. The van der Waals surface area contributed by atoms with Gasteiger partial charge in [0.1, 0.15) is 0 Å². The Balaban J connectivity index is 1.82. The molecule has 1 aromatic heterocycles. The second-order valence-corrected chi connectivity index (χ2v) is 7.64. The summed E-state index contributed by atoms with van der Waals surface area (Å²) < 4.78 is 42.8. The number of Topliss-reactive ketones (excluding diaryl/α,β-unsaturated/α-hetero) is 1. The lowest BCUT2D eigenvalue weighted by Crippen LogP contribution is -2.10. The van der Waals surface area contributed by atoms with E-state index in [4.69, 9.17) is 0 Å². The Labute approximate surface area is 178 Å². The Bertz CT molecular complexity index is 1250. The molecule has 31 heavy (non-hydrogen) atoms. The standard InChI is InChI=1S/C26H22F3NO/c1-3-25(31)18-11-13-20(14-12-18)30-16-19(21-8-4-5-10-24(21)30)15-22-17(2)7-6-9-23(22)26(27,28)29/h4-14,16H,3,15H2,1-2H3. The zero-order chi connectivity index (χ0) is 22.2. The number of benzene rings is 3. The molecule has 0 saturated carbocycles. The van der Waals surface area contributed by atoms with E-state index in [2.05, 4.69) is 0 Å². The molecule has 0 N–H and O–H groups in total. The maximum Gasteiger partial charge on any atom is 0.416 e. The lowest BCUT2D eigenvalue weighted by atomic mass is 9.95. The van der Waals surface area contributed by atoms with Gasteiger partial charge in [-0.15, -0.1) is 0 Å². The first-order valence-electron chi connectivity index (χ1n) is 10.2. The number of halogens is 3. The molecule has 2 nitrogen and oxygen atoms in total. The van der Waals surface area contributed by atoms with Gasteiger partial charge in [0.2, 0.25) is 0 Å². The third kappa shape index (κ3) is 4.00. The molecule has 0 aliphatic carbocycles. The van der Waals surface area contributed by atoms with E-state index < -0.39 is 11.7 Å². The van der Waals surface area contributed by atoms with Gasteiger partial charge in [-0.25, -0.2) is 0 Å². The van der Waals surface area contributed by atoms with E-state index in [1.54, 1.807) is 25.1 Å². The molecule has 0 saturated heterocycles. The average molecular weight is 421 g/mol. The molecule has 0 aliphatic heterocycles. The maximum atomic E-state index is 13.6. The highest BCUT2D eigenvalue weighted by Crippen LogP contribution is 2.36. The van der Waals surface area contributed by atoms with Gasteiger partial charge in [0.05, 0.1) is 11.1 Å². The van der Waals surface area contributed by atoms with Crippen molar-refractivity contribution in [3.05, 3.63) is 101 Å². The summed E-state index contributed by atoms with van der Waals surface area (Å²) in [5.74, 6) is 0.0730. The predicted octanol–water partition coefficient (Wildman–Crippen LogP) is 7.14. The zero-order valence-electron chi connectivity index (χ0n) is 17.3. The summed E-state index contributed by atoms with van der Waals surface area (Å²) in [6.07, 6.45) is -1.88. The first-order valence-corrected chi connectivity index (χ1v) is 10.2. The lowest BCUT2D eigenvalue weighted by molar-refractivity contribution is -0.138. The molecule has 0 unspecified atom stereocenters. The number of aryl methyl sites for hydroxylation is 1. The number of aromatic nitrogens is 1. The minimum atomic E-state index is -4.40. The topological polar surface area (TPSA) is 22.0 Å². The minimum Gasteiger partial charge on any atom is -0.316 e. The molecule has 0 spiro atoms. The minimum absolute atomic E-state index is 0.0730. The molecule has 158 valence electrons. The second-order valence-electron chi connectivity index (χ2n) is 7.64. The van der Waals surface area contributed by atoms with Gasteiger partial charge in [0.15, 0.2) is 5.78 Å². The number of nitrogens with zero attached hydrogens (tertiary/aromatic N) is 1. The van der Waals surface area contributed by atoms with Crippen LogP contribution in [0.15, 0.2) is 72.9 Å². The fourth-order valence-electron chi connectivity index (χ4n) is 4.01. The van der Waals surface area contributed by atoms with E-state index in [0.29, 0.717) is 23.1 Å². The van der Waals surface area contributed by atoms with Crippen LogP contribution in [-0.4, -0.2) is 10.4 Å². The van der Waals surface area contributed by atoms with E-state index in [9.17, 15) is 18.0 Å². The van der Waals surface area contributed by atoms with Crippen LogP contribution < -0.4 is 0 Å². The molecule has 4 rings (SSSR count). The Morgan fingerprint density at radius 3 is 2.32 bits per heavy atom. The summed E-state index contributed by atoms with van der Waals surface area (Å²) in [7, 11) is 0. The molecule has 3 aromatic carbocycles. The van der Waals surface area contributed by atoms with Gasteiger partial charge in [-0.1, -0.05) is 37.3 Å². The summed E-state index contributed by atoms with van der Waals surface area (Å²) >= 11 is 0. The van der Waals surface area contributed by atoms with Gasteiger partial charge < -0.3 is 4.57 Å². The summed E-state index contributed by atoms with van der Waals surface area (Å²) in [4.78, 5) is 11.9. The number of fused-ring (bicyclic) bond motifs is 1. The monoisotopic (exact) mass is 421 g/mol. The van der Waals surface area contributed by atoms with Crippen molar-refractivity contribution in [1.82, 2.24) is 4.57 Å². The Morgan fingerprint density at radius 1 is 0.935 bits per heavy atom. The van der Waals surface area contributed by atoms with Crippen molar-refractivity contribution < 1.29 is 18.0 Å². The van der Waals surface area contributed by atoms with E-state index >= 15 is 0 Å². The molecular weight excluding hydrogens is 399 g/mol. The molecule has 0 fully saturated rings. The van der Waals surface area contributed by atoms with Gasteiger partial charge in [-0.2, -0.15) is 13.2 Å². The third-order valence-electron chi connectivity index (χ3n) is 5.67. The van der Waals surface area contributed by atoms with E-state index in [0.717, 1.165) is 28.2 Å². The Morgan fingerprint density at radius 2 is 1.65 bits per heavy atom. The fourth-order valence-corrected chi connectivity index (χ4v) is 4.01. The number of para-hydroxylation sites is 1. The van der Waals surface area contributed by atoms with Crippen LogP contribution in [0.1, 0.15) is 46.0 Å². The van der Waals surface area contributed by atoms with Crippen molar-refractivity contribution in [2.75, 3.05) is 0 Å². The first kappa shape index (κ1) is 20.9. The molecule has 0 radical (unpaired) electrons. The summed E-state index contributed by atoms with van der Waals surface area (Å²) in [5, 5.41) is 0.910. The van der Waals surface area contributed by atoms with E-state index in [-0.39, 0.29) is 12.2 Å². The van der Waals surface area contributed by atoms with E-state index in [1.807, 2.05) is 54.1 Å². The molecule has 5 heteroatoms. The molecule has 0 aliphatic rings. The Kier molecular flexibility index (Phi) is 5.44. The highest BCUT2D eigenvalue weighted by Gasteiger charge is 2.33. The van der Waals surface area contributed by atoms with Crippen LogP contribution in [0.5, 0.6) is 0 Å².